The maximum absolute atomic E-state index is 8.76. The van der Waals surface area contributed by atoms with Crippen LogP contribution in [0.2, 0.25) is 0 Å². The number of hydrogen-bond donors (Lipinski definition) is 3. The maximum Gasteiger partial charge on any atom is 0.182 e. The maximum atomic E-state index is 8.76. The molecule has 0 spiro atoms. The molecular formula is C18H15N7O. The molecule has 0 saturated heterocycles. The number of furan rings is 1. The minimum absolute atomic E-state index is 0.139. The summed E-state index contributed by atoms with van der Waals surface area (Å²) >= 11 is 0. The summed E-state index contributed by atoms with van der Waals surface area (Å²) < 4.78 is 7.60. The van der Waals surface area contributed by atoms with Gasteiger partial charge in [-0.1, -0.05) is 0 Å². The van der Waals surface area contributed by atoms with Gasteiger partial charge >= 0.3 is 0 Å². The number of rotatable bonds is 5. The minimum Gasteiger partial charge on any atom is -0.458 e. The van der Waals surface area contributed by atoms with Gasteiger partial charge in [0.2, 0.25) is 0 Å². The molecule has 0 aromatic carbocycles. The van der Waals surface area contributed by atoms with Crippen molar-refractivity contribution in [1.29, 1.82) is 10.7 Å². The number of aromatic amines is 1. The van der Waals surface area contributed by atoms with Gasteiger partial charge in [0.05, 0.1) is 23.5 Å². The third kappa shape index (κ3) is 2.43. The lowest BCUT2D eigenvalue weighted by Gasteiger charge is -2.09. The van der Waals surface area contributed by atoms with Crippen LogP contribution in [0.25, 0.3) is 39.3 Å². The molecule has 0 atom stereocenters. The highest BCUT2D eigenvalue weighted by Gasteiger charge is 2.20. The largest absolute Gasteiger partial charge is 0.458 e. The molecule has 0 radical (unpaired) electrons. The lowest BCUT2D eigenvalue weighted by atomic mass is 10.3. The van der Waals surface area contributed by atoms with E-state index in [2.05, 4.69) is 20.3 Å². The van der Waals surface area contributed by atoms with Crippen LogP contribution in [0.1, 0.15) is 5.76 Å². The van der Waals surface area contributed by atoms with Crippen LogP contribution in [0, 0.1) is 23.7 Å². The van der Waals surface area contributed by atoms with Crippen molar-refractivity contribution in [3.63, 3.8) is 0 Å². The summed E-state index contributed by atoms with van der Waals surface area (Å²) in [4.78, 5) is 12.2. The van der Waals surface area contributed by atoms with Crippen LogP contribution in [0.4, 0.5) is 0 Å². The van der Waals surface area contributed by atoms with Gasteiger partial charge in [0.15, 0.2) is 11.6 Å². The first kappa shape index (κ1) is 15.7. The van der Waals surface area contributed by atoms with E-state index in [1.807, 2.05) is 42.0 Å². The number of aryl methyl sites for hydroxylation is 1. The number of nitriles is 1. The molecule has 4 aromatic heterocycles. The molecule has 0 aliphatic carbocycles. The predicted octanol–water partition coefficient (Wildman–Crippen LogP) is 3.04. The van der Waals surface area contributed by atoms with E-state index >= 15 is 0 Å². The number of pyridine rings is 1. The van der Waals surface area contributed by atoms with Gasteiger partial charge in [-0.3, -0.25) is 4.57 Å². The van der Waals surface area contributed by atoms with E-state index in [0.717, 1.165) is 22.3 Å². The zero-order chi connectivity index (χ0) is 18.1. The van der Waals surface area contributed by atoms with Crippen molar-refractivity contribution < 1.29 is 4.42 Å². The smallest absolute Gasteiger partial charge is 0.182 e. The topological polar surface area (TPSA) is 119 Å². The van der Waals surface area contributed by atoms with Crippen LogP contribution in [0.3, 0.4) is 0 Å². The fraction of sp³-hybridized carbons (Fsp3) is 0.111. The number of H-pyrrole nitrogens is 1. The van der Waals surface area contributed by atoms with Gasteiger partial charge in [-0.05, 0) is 25.1 Å². The quantitative estimate of drug-likeness (QED) is 0.292. The summed E-state index contributed by atoms with van der Waals surface area (Å²) in [7, 11) is 0. The summed E-state index contributed by atoms with van der Waals surface area (Å²) in [6.45, 7) is 2.00. The van der Waals surface area contributed by atoms with Crippen molar-refractivity contribution in [3.05, 3.63) is 42.6 Å². The number of nitrogens with one attached hydrogen (secondary N) is 3. The van der Waals surface area contributed by atoms with Crippen LogP contribution < -0.4 is 5.32 Å². The van der Waals surface area contributed by atoms with Crippen molar-refractivity contribution >= 4 is 34.0 Å². The third-order valence-corrected chi connectivity index (χ3v) is 4.00. The Morgan fingerprint density at radius 3 is 3.08 bits per heavy atom. The van der Waals surface area contributed by atoms with Gasteiger partial charge < -0.3 is 20.1 Å². The number of fused-ring (bicyclic) bond motifs is 3. The monoisotopic (exact) mass is 345 g/mol. The Hall–Kier alpha value is -3.86. The van der Waals surface area contributed by atoms with Crippen molar-refractivity contribution in [2.75, 3.05) is 6.54 Å². The van der Waals surface area contributed by atoms with Gasteiger partial charge in [-0.25, -0.2) is 9.97 Å². The van der Waals surface area contributed by atoms with E-state index in [1.165, 1.54) is 6.21 Å². The molecule has 0 aliphatic rings. The molecule has 4 heterocycles. The highest BCUT2D eigenvalue weighted by atomic mass is 16.3. The van der Waals surface area contributed by atoms with Crippen molar-refractivity contribution in [1.82, 2.24) is 24.8 Å². The average Bonchev–Trinajstić information content (AvgIpc) is 3.35. The van der Waals surface area contributed by atoms with Crippen molar-refractivity contribution in [2.24, 2.45) is 0 Å². The van der Waals surface area contributed by atoms with Crippen molar-refractivity contribution in [2.45, 2.75) is 6.92 Å². The van der Waals surface area contributed by atoms with E-state index in [0.29, 0.717) is 22.8 Å². The third-order valence-electron chi connectivity index (χ3n) is 4.00. The highest BCUT2D eigenvalue weighted by molar-refractivity contribution is 6.10. The number of nitrogens with zero attached hydrogens (tertiary/aromatic N) is 4. The van der Waals surface area contributed by atoms with Gasteiger partial charge in [0.25, 0.3) is 0 Å². The van der Waals surface area contributed by atoms with Crippen LogP contribution in [0.5, 0.6) is 0 Å². The lowest BCUT2D eigenvalue weighted by Crippen LogP contribution is -2.10. The summed E-state index contributed by atoms with van der Waals surface area (Å²) in [6.07, 6.45) is 6.33. The average molecular weight is 345 g/mol. The summed E-state index contributed by atoms with van der Waals surface area (Å²) in [6, 6.07) is 7.65. The molecule has 3 N–H and O–H groups in total. The van der Waals surface area contributed by atoms with E-state index in [-0.39, 0.29) is 6.54 Å². The molecule has 0 unspecified atom stereocenters. The fourth-order valence-corrected chi connectivity index (χ4v) is 2.91. The second-order valence-electron chi connectivity index (χ2n) is 5.67. The summed E-state index contributed by atoms with van der Waals surface area (Å²) in [5, 5.41) is 20.4. The van der Waals surface area contributed by atoms with Crippen LogP contribution >= 0.6 is 0 Å². The van der Waals surface area contributed by atoms with E-state index < -0.39 is 0 Å². The van der Waals surface area contributed by atoms with E-state index in [1.54, 1.807) is 12.4 Å². The van der Waals surface area contributed by atoms with Gasteiger partial charge in [0.1, 0.15) is 23.5 Å². The Morgan fingerprint density at radius 2 is 2.35 bits per heavy atom. The van der Waals surface area contributed by atoms with Gasteiger partial charge in [0, 0.05) is 24.0 Å². The van der Waals surface area contributed by atoms with Gasteiger partial charge in [-0.15, -0.1) is 0 Å². The van der Waals surface area contributed by atoms with Crippen LogP contribution in [0.15, 0.2) is 41.2 Å². The second kappa shape index (κ2) is 6.22. The van der Waals surface area contributed by atoms with E-state index in [9.17, 15) is 0 Å². The molecule has 0 fully saturated rings. The molecular weight excluding hydrogens is 330 g/mol. The zero-order valence-electron chi connectivity index (χ0n) is 13.9. The Bertz CT molecular complexity index is 1190. The van der Waals surface area contributed by atoms with Crippen LogP contribution in [-0.2, 0) is 0 Å². The van der Waals surface area contributed by atoms with E-state index in [4.69, 9.17) is 15.1 Å². The molecule has 0 amide bonds. The molecule has 0 bridgehead atoms. The molecule has 0 saturated carbocycles. The number of hydrogen-bond acceptors (Lipinski definition) is 6. The predicted molar refractivity (Wildman–Crippen MR) is 98.5 cm³/mol. The lowest BCUT2D eigenvalue weighted by molar-refractivity contribution is 0.543. The Labute approximate surface area is 148 Å². The van der Waals surface area contributed by atoms with Gasteiger partial charge in [-0.2, -0.15) is 5.26 Å². The number of imidazole rings is 1. The Morgan fingerprint density at radius 1 is 1.46 bits per heavy atom. The summed E-state index contributed by atoms with van der Waals surface area (Å²) in [5.41, 5.74) is 2.76. The Balaban J connectivity index is 2.06. The molecule has 8 nitrogen and oxygen atoms in total. The van der Waals surface area contributed by atoms with Crippen LogP contribution in [-0.4, -0.2) is 32.3 Å². The molecule has 4 aromatic rings. The first-order valence-corrected chi connectivity index (χ1v) is 7.95. The highest BCUT2D eigenvalue weighted by Crippen LogP contribution is 2.32. The standard InChI is InChI=1S/C18H15N7O/c1-11-2-3-15(26-11)18-24-14-10-23-17-13(4-6-22-17)16(14)25(18)12(8-20)9-21-7-5-19/h2-4,6,8-10,20-21H,7H2,1H3,(H,22,23)/b12-9+,20-8?. The molecule has 0 aliphatic heterocycles. The first-order chi connectivity index (χ1) is 12.7. The molecule has 128 valence electrons. The SMILES string of the molecule is Cc1ccc(-c2nc3cnc4[nH]ccc4c3n2/C(C=N)=C/NCC#N)o1. The Kier molecular flexibility index (Phi) is 3.74. The molecule has 4 rings (SSSR count). The number of aromatic nitrogens is 4. The molecule has 8 heteroatoms. The van der Waals surface area contributed by atoms with Crippen molar-refractivity contribution in [3.8, 4) is 17.7 Å². The minimum atomic E-state index is 0.139. The number of allylic oxidation sites excluding steroid dienone is 1. The normalized spacial score (nSPS) is 11.8. The summed E-state index contributed by atoms with van der Waals surface area (Å²) in [5.74, 6) is 1.93. The fourth-order valence-electron chi connectivity index (χ4n) is 2.91. The zero-order valence-corrected chi connectivity index (χ0v) is 13.9. The molecule has 26 heavy (non-hydrogen) atoms. The first-order valence-electron chi connectivity index (χ1n) is 7.95. The second-order valence-corrected chi connectivity index (χ2v) is 5.67.